The first-order valence-corrected chi connectivity index (χ1v) is 12.0. The van der Waals surface area contributed by atoms with Gasteiger partial charge in [-0.2, -0.15) is 13.2 Å². The zero-order chi connectivity index (χ0) is 24.7. The summed E-state index contributed by atoms with van der Waals surface area (Å²) in [4.78, 5) is 17.6. The number of unbranched alkanes of at least 4 members (excludes halogenated alkanes) is 5. The Morgan fingerprint density at radius 1 is 1.12 bits per heavy atom. The largest absolute Gasteiger partial charge is 0.493 e. The van der Waals surface area contributed by atoms with Gasteiger partial charge in [0.25, 0.3) is 0 Å². The molecule has 0 unspecified atom stereocenters. The number of hydrogen-bond donors (Lipinski definition) is 3. The highest BCUT2D eigenvalue weighted by Crippen LogP contribution is 2.40. The summed E-state index contributed by atoms with van der Waals surface area (Å²) < 4.78 is 66.8. The predicted octanol–water partition coefficient (Wildman–Crippen LogP) is 4.78. The molecule has 0 aliphatic rings. The Kier molecular flexibility index (Phi) is 9.45. The lowest BCUT2D eigenvalue weighted by Crippen LogP contribution is -2.38. The summed E-state index contributed by atoms with van der Waals surface area (Å²) in [5.74, 6) is -0.799. The van der Waals surface area contributed by atoms with Crippen LogP contribution in [-0.2, 0) is 20.8 Å². The van der Waals surface area contributed by atoms with Crippen molar-refractivity contribution in [3.05, 3.63) is 29.7 Å². The monoisotopic (exact) mass is 495 g/mol. The average Bonchev–Trinajstić information content (AvgIpc) is 3.22. The lowest BCUT2D eigenvalue weighted by Gasteiger charge is -2.19. The highest BCUT2D eigenvalue weighted by molar-refractivity contribution is 7.46. The van der Waals surface area contributed by atoms with E-state index in [1.807, 2.05) is 0 Å². The maximum absolute atomic E-state index is 13.6. The normalized spacial score (nSPS) is 14.3. The number of nitrogens with zero attached hydrogens (tertiary/aromatic N) is 2. The Balaban J connectivity index is 2.13. The lowest BCUT2D eigenvalue weighted by molar-refractivity contribution is -0.138. The minimum absolute atomic E-state index is 0.0142. The summed E-state index contributed by atoms with van der Waals surface area (Å²) in [6.07, 6.45) is 1.23. The number of aromatic nitrogens is 2. The number of alkyl halides is 3. The Hall–Kier alpha value is -1.98. The first-order valence-electron chi connectivity index (χ1n) is 10.5. The van der Waals surface area contributed by atoms with E-state index in [-0.39, 0.29) is 29.7 Å². The molecule has 13 heteroatoms. The van der Waals surface area contributed by atoms with Gasteiger partial charge in [-0.3, -0.25) is 4.52 Å². The molecule has 33 heavy (non-hydrogen) atoms. The van der Waals surface area contributed by atoms with E-state index in [4.69, 9.17) is 24.7 Å². The highest BCUT2D eigenvalue weighted by atomic mass is 31.2. The van der Waals surface area contributed by atoms with Crippen LogP contribution in [-0.4, -0.2) is 33.2 Å². The zero-order valence-corrected chi connectivity index (χ0v) is 19.4. The molecule has 0 saturated heterocycles. The fourth-order valence-corrected chi connectivity index (χ4v) is 3.36. The molecule has 0 radical (unpaired) electrons. The molecule has 1 atom stereocenters. The minimum Gasteiger partial charge on any atom is -0.493 e. The number of benzene rings is 1. The Bertz CT molecular complexity index is 945. The van der Waals surface area contributed by atoms with Crippen LogP contribution in [0.3, 0.4) is 0 Å². The van der Waals surface area contributed by atoms with Gasteiger partial charge >= 0.3 is 14.0 Å². The average molecular weight is 495 g/mol. The molecule has 0 aliphatic carbocycles. The number of phosphoric acid groups is 1. The molecular weight excluding hydrogens is 466 g/mol. The molecule has 0 aliphatic heterocycles. The van der Waals surface area contributed by atoms with Crippen LogP contribution in [0.2, 0.25) is 0 Å². The molecule has 0 bridgehead atoms. The molecule has 4 N–H and O–H groups in total. The maximum atomic E-state index is 13.6. The Morgan fingerprint density at radius 3 is 2.42 bits per heavy atom. The van der Waals surface area contributed by atoms with E-state index in [1.54, 1.807) is 0 Å². The zero-order valence-electron chi connectivity index (χ0n) is 18.5. The van der Waals surface area contributed by atoms with Gasteiger partial charge in [0.1, 0.15) is 11.3 Å². The minimum atomic E-state index is -4.79. The quantitative estimate of drug-likeness (QED) is 0.264. The predicted molar refractivity (Wildman–Crippen MR) is 113 cm³/mol. The van der Waals surface area contributed by atoms with E-state index in [9.17, 15) is 17.7 Å². The van der Waals surface area contributed by atoms with Gasteiger partial charge in [0.05, 0.1) is 18.8 Å². The summed E-state index contributed by atoms with van der Waals surface area (Å²) in [5.41, 5.74) is 3.32. The summed E-state index contributed by atoms with van der Waals surface area (Å²) >= 11 is 0. The highest BCUT2D eigenvalue weighted by Gasteiger charge is 2.36. The second kappa shape index (κ2) is 11.4. The number of halogens is 3. The van der Waals surface area contributed by atoms with Gasteiger partial charge in [0, 0.05) is 5.56 Å². The van der Waals surface area contributed by atoms with Gasteiger partial charge in [-0.15, -0.1) is 10.2 Å². The summed E-state index contributed by atoms with van der Waals surface area (Å²) in [6, 6.07) is 3.38. The van der Waals surface area contributed by atoms with E-state index in [0.717, 1.165) is 38.2 Å². The lowest BCUT2D eigenvalue weighted by atomic mass is 10.1. The van der Waals surface area contributed by atoms with E-state index >= 15 is 0 Å². The standard InChI is InChI=1S/C20H29F3N3O6P/c1-3-4-5-6-7-8-11-30-16-10-9-14(12-15(16)20(21,22)23)17-25-26-18(32-17)19(2,24)13-31-33(27,28)29/h9-10,12H,3-8,11,13,24H2,1-2H3,(H2,27,28,29)/t19-/m0/s1. The summed E-state index contributed by atoms with van der Waals surface area (Å²) in [5, 5.41) is 7.39. The van der Waals surface area contributed by atoms with Crippen molar-refractivity contribution < 1.29 is 41.2 Å². The van der Waals surface area contributed by atoms with Crippen LogP contribution >= 0.6 is 7.82 Å². The molecule has 0 spiro atoms. The molecule has 1 aromatic carbocycles. The van der Waals surface area contributed by atoms with Crippen molar-refractivity contribution in [2.75, 3.05) is 13.2 Å². The molecule has 1 aromatic heterocycles. The molecule has 2 aromatic rings. The second-order valence-electron chi connectivity index (χ2n) is 7.92. The van der Waals surface area contributed by atoms with Gasteiger partial charge in [-0.1, -0.05) is 39.0 Å². The van der Waals surface area contributed by atoms with Crippen LogP contribution in [0.15, 0.2) is 22.6 Å². The topological polar surface area (TPSA) is 141 Å². The number of phosphoric ester groups is 1. The smallest absolute Gasteiger partial charge is 0.469 e. The SMILES string of the molecule is CCCCCCCCOc1ccc(-c2nnc([C@@](C)(N)COP(=O)(O)O)o2)cc1C(F)(F)F. The van der Waals surface area contributed by atoms with Crippen LogP contribution in [0, 0.1) is 0 Å². The van der Waals surface area contributed by atoms with Crippen LogP contribution < -0.4 is 10.5 Å². The molecule has 2 rings (SSSR count). The fraction of sp³-hybridized carbons (Fsp3) is 0.600. The third-order valence-electron chi connectivity index (χ3n) is 4.73. The molecule has 0 amide bonds. The van der Waals surface area contributed by atoms with Crippen LogP contribution in [0.5, 0.6) is 5.75 Å². The summed E-state index contributed by atoms with van der Waals surface area (Å²) in [7, 11) is -4.79. The molecule has 186 valence electrons. The van der Waals surface area contributed by atoms with Gasteiger partial charge in [0.2, 0.25) is 11.8 Å². The van der Waals surface area contributed by atoms with Gasteiger partial charge < -0.3 is 24.7 Å². The third kappa shape index (κ3) is 8.71. The van der Waals surface area contributed by atoms with Gasteiger partial charge in [-0.05, 0) is 31.5 Å². The Morgan fingerprint density at radius 2 is 1.79 bits per heavy atom. The van der Waals surface area contributed by atoms with Crippen molar-refractivity contribution in [2.24, 2.45) is 5.73 Å². The van der Waals surface area contributed by atoms with Crippen molar-refractivity contribution >= 4 is 7.82 Å². The first kappa shape index (κ1) is 27.3. The molecular formula is C20H29F3N3O6P. The van der Waals surface area contributed by atoms with Crippen molar-refractivity contribution in [2.45, 2.75) is 64.1 Å². The van der Waals surface area contributed by atoms with Crippen molar-refractivity contribution in [3.8, 4) is 17.2 Å². The van der Waals surface area contributed by atoms with E-state index in [1.165, 1.54) is 19.1 Å². The van der Waals surface area contributed by atoms with Crippen LogP contribution in [0.25, 0.3) is 11.5 Å². The van der Waals surface area contributed by atoms with Crippen LogP contribution in [0.1, 0.15) is 63.8 Å². The number of ether oxygens (including phenoxy) is 1. The number of hydrogen-bond acceptors (Lipinski definition) is 7. The van der Waals surface area contributed by atoms with E-state index in [0.29, 0.717) is 6.42 Å². The van der Waals surface area contributed by atoms with Crippen molar-refractivity contribution in [3.63, 3.8) is 0 Å². The van der Waals surface area contributed by atoms with Crippen molar-refractivity contribution in [1.82, 2.24) is 10.2 Å². The molecule has 9 nitrogen and oxygen atoms in total. The van der Waals surface area contributed by atoms with E-state index < -0.39 is 31.7 Å². The van der Waals surface area contributed by atoms with Crippen LogP contribution in [0.4, 0.5) is 13.2 Å². The van der Waals surface area contributed by atoms with Gasteiger partial charge in [0.15, 0.2) is 0 Å². The first-order chi connectivity index (χ1) is 15.3. The number of rotatable bonds is 13. The maximum Gasteiger partial charge on any atom is 0.469 e. The fourth-order valence-electron chi connectivity index (χ4n) is 2.93. The number of nitrogens with two attached hydrogens (primary N) is 1. The third-order valence-corrected chi connectivity index (χ3v) is 5.20. The molecule has 0 fully saturated rings. The Labute approximate surface area is 189 Å². The molecule has 1 heterocycles. The second-order valence-corrected chi connectivity index (χ2v) is 9.16. The van der Waals surface area contributed by atoms with E-state index in [2.05, 4.69) is 21.6 Å². The van der Waals surface area contributed by atoms with Gasteiger partial charge in [-0.25, -0.2) is 4.57 Å². The summed E-state index contributed by atoms with van der Waals surface area (Å²) in [6.45, 7) is 2.94. The molecule has 0 saturated carbocycles. The van der Waals surface area contributed by atoms with Crippen molar-refractivity contribution in [1.29, 1.82) is 0 Å².